The summed E-state index contributed by atoms with van der Waals surface area (Å²) in [7, 11) is 1.93. The first-order valence-electron chi connectivity index (χ1n) is 7.65. The van der Waals surface area contributed by atoms with Crippen molar-refractivity contribution in [3.8, 4) is 0 Å². The zero-order valence-electron chi connectivity index (χ0n) is 13.1. The van der Waals surface area contributed by atoms with Crippen LogP contribution in [0.1, 0.15) is 12.0 Å². The number of benzene rings is 2. The van der Waals surface area contributed by atoms with Crippen LogP contribution >= 0.6 is 23.2 Å². The van der Waals surface area contributed by atoms with Crippen molar-refractivity contribution in [3.05, 3.63) is 64.1 Å². The molecule has 0 spiro atoms. The fraction of sp³-hybridized carbons (Fsp3) is 0.222. The number of carbonyl (C=O) groups is 2. The molecule has 4 nitrogen and oxygen atoms in total. The number of nitrogens with zero attached hydrogens (tertiary/aromatic N) is 1. The van der Waals surface area contributed by atoms with E-state index in [1.54, 1.807) is 18.2 Å². The minimum Gasteiger partial charge on any atom is -0.323 e. The number of likely N-dealkylation sites (N-methyl/N-ethyl adjacent to an activating group) is 1. The Balaban J connectivity index is 1.81. The van der Waals surface area contributed by atoms with Gasteiger partial charge in [0.25, 0.3) is 5.91 Å². The van der Waals surface area contributed by atoms with Crippen LogP contribution in [0, 0.1) is 0 Å². The first-order chi connectivity index (χ1) is 11.5. The Morgan fingerprint density at radius 1 is 1.08 bits per heavy atom. The van der Waals surface area contributed by atoms with E-state index in [9.17, 15) is 9.59 Å². The van der Waals surface area contributed by atoms with Crippen LogP contribution in [0.15, 0.2) is 48.5 Å². The van der Waals surface area contributed by atoms with Gasteiger partial charge in [-0.25, -0.2) is 4.90 Å². The topological polar surface area (TPSA) is 41.8 Å². The van der Waals surface area contributed by atoms with E-state index in [2.05, 4.69) is 0 Å². The third-order valence-corrected chi connectivity index (χ3v) is 4.61. The lowest BCUT2D eigenvalue weighted by molar-refractivity contribution is -0.908. The summed E-state index contributed by atoms with van der Waals surface area (Å²) in [5, 5.41) is 0.790. The first kappa shape index (κ1) is 17.0. The van der Waals surface area contributed by atoms with E-state index in [1.807, 2.05) is 37.4 Å². The van der Waals surface area contributed by atoms with Crippen LogP contribution in [0.3, 0.4) is 0 Å². The molecule has 124 valence electrons. The number of halogens is 2. The van der Waals surface area contributed by atoms with Gasteiger partial charge in [-0.1, -0.05) is 53.5 Å². The smallest absolute Gasteiger partial charge is 0.292 e. The molecule has 0 aromatic heterocycles. The van der Waals surface area contributed by atoms with Crippen molar-refractivity contribution in [2.45, 2.75) is 19.0 Å². The van der Waals surface area contributed by atoms with Gasteiger partial charge in [0.15, 0.2) is 6.04 Å². The van der Waals surface area contributed by atoms with Crippen LogP contribution < -0.4 is 9.80 Å². The van der Waals surface area contributed by atoms with Crippen LogP contribution in [0.2, 0.25) is 10.0 Å². The zero-order chi connectivity index (χ0) is 17.3. The van der Waals surface area contributed by atoms with Gasteiger partial charge in [0.1, 0.15) is 6.54 Å². The lowest BCUT2D eigenvalue weighted by atomic mass is 10.1. The molecular weight excluding hydrogens is 347 g/mol. The van der Waals surface area contributed by atoms with E-state index in [0.717, 1.165) is 10.5 Å². The van der Waals surface area contributed by atoms with Gasteiger partial charge in [-0.3, -0.25) is 9.59 Å². The number of quaternary nitrogens is 1. The molecule has 0 saturated carbocycles. The van der Waals surface area contributed by atoms with Gasteiger partial charge >= 0.3 is 0 Å². The number of anilines is 1. The molecule has 2 atom stereocenters. The normalized spacial score (nSPS) is 19.0. The highest BCUT2D eigenvalue weighted by atomic mass is 35.5. The zero-order valence-corrected chi connectivity index (χ0v) is 14.6. The second kappa shape index (κ2) is 6.93. The van der Waals surface area contributed by atoms with E-state index in [4.69, 9.17) is 23.2 Å². The molecule has 1 saturated heterocycles. The molecule has 0 bridgehead atoms. The van der Waals surface area contributed by atoms with E-state index in [0.29, 0.717) is 22.3 Å². The third-order valence-electron chi connectivity index (χ3n) is 4.17. The fourth-order valence-electron chi connectivity index (χ4n) is 3.00. The number of rotatable bonds is 4. The Morgan fingerprint density at radius 3 is 2.33 bits per heavy atom. The summed E-state index contributed by atoms with van der Waals surface area (Å²) in [5.41, 5.74) is 1.55. The Morgan fingerprint density at radius 2 is 1.71 bits per heavy atom. The molecule has 0 aliphatic carbocycles. The number of hydrogen-bond acceptors (Lipinski definition) is 2. The molecule has 1 aliphatic heterocycles. The summed E-state index contributed by atoms with van der Waals surface area (Å²) in [4.78, 5) is 27.3. The minimum absolute atomic E-state index is 0.182. The first-order valence-corrected chi connectivity index (χ1v) is 8.40. The molecule has 2 aromatic carbocycles. The maximum absolute atomic E-state index is 12.8. The van der Waals surface area contributed by atoms with Crippen LogP contribution in [0.5, 0.6) is 0 Å². The Hall–Kier alpha value is -1.88. The maximum atomic E-state index is 12.8. The van der Waals surface area contributed by atoms with E-state index < -0.39 is 6.04 Å². The highest BCUT2D eigenvalue weighted by Crippen LogP contribution is 2.28. The van der Waals surface area contributed by atoms with E-state index in [-0.39, 0.29) is 18.2 Å². The number of amides is 2. The number of nitrogens with one attached hydrogen (secondary N) is 1. The Kier molecular flexibility index (Phi) is 4.90. The molecule has 1 fully saturated rings. The molecule has 1 aliphatic rings. The summed E-state index contributed by atoms with van der Waals surface area (Å²) in [6.07, 6.45) is 0.182. The molecule has 1 heterocycles. The molecule has 6 heteroatoms. The van der Waals surface area contributed by atoms with Gasteiger partial charge in [0.05, 0.1) is 19.2 Å². The molecule has 1 N–H and O–H groups in total. The van der Waals surface area contributed by atoms with Gasteiger partial charge in [0.2, 0.25) is 5.91 Å². The average molecular weight is 364 g/mol. The fourth-order valence-corrected chi connectivity index (χ4v) is 3.51. The van der Waals surface area contributed by atoms with Gasteiger partial charge in [-0.15, -0.1) is 0 Å². The lowest BCUT2D eigenvalue weighted by Crippen LogP contribution is -3.12. The van der Waals surface area contributed by atoms with Crippen molar-refractivity contribution in [1.29, 1.82) is 0 Å². The molecule has 0 radical (unpaired) electrons. The van der Waals surface area contributed by atoms with Crippen LogP contribution in [-0.2, 0) is 16.1 Å². The predicted molar refractivity (Wildman–Crippen MR) is 94.4 cm³/mol. The molecule has 2 amide bonds. The van der Waals surface area contributed by atoms with Gasteiger partial charge in [0, 0.05) is 15.6 Å². The van der Waals surface area contributed by atoms with Crippen LogP contribution in [0.25, 0.3) is 0 Å². The molecule has 2 aromatic rings. The summed E-state index contributed by atoms with van der Waals surface area (Å²) >= 11 is 12.0. The summed E-state index contributed by atoms with van der Waals surface area (Å²) in [6.45, 7) is 0.675. The number of imide groups is 1. The van der Waals surface area contributed by atoms with Crippen LogP contribution in [0.4, 0.5) is 5.69 Å². The predicted octanol–water partition coefficient (Wildman–Crippen LogP) is 2.34. The maximum Gasteiger partial charge on any atom is 0.292 e. The van der Waals surface area contributed by atoms with Crippen molar-refractivity contribution in [2.75, 3.05) is 11.9 Å². The third kappa shape index (κ3) is 3.46. The summed E-state index contributed by atoms with van der Waals surface area (Å²) < 4.78 is 0. The lowest BCUT2D eigenvalue weighted by Gasteiger charge is -2.20. The van der Waals surface area contributed by atoms with E-state index in [1.165, 1.54) is 4.90 Å². The van der Waals surface area contributed by atoms with Crippen molar-refractivity contribution >= 4 is 40.7 Å². The Bertz CT molecular complexity index is 760. The molecule has 24 heavy (non-hydrogen) atoms. The standard InChI is InChI=1S/C18H16Cl2N2O2/c1-21(11-12-5-3-2-4-6-12)16-10-17(23)22(18(16)24)15-8-13(19)7-14(20)9-15/h2-9,16H,10-11H2,1H3/p+1/t16-/m0/s1. The quantitative estimate of drug-likeness (QED) is 0.847. The molecule has 3 rings (SSSR count). The van der Waals surface area contributed by atoms with Crippen molar-refractivity contribution < 1.29 is 14.5 Å². The minimum atomic E-state index is -0.407. The van der Waals surface area contributed by atoms with Gasteiger partial charge in [-0.05, 0) is 18.2 Å². The number of carbonyl (C=O) groups excluding carboxylic acids is 2. The second-order valence-corrected chi connectivity index (χ2v) is 6.83. The van der Waals surface area contributed by atoms with E-state index >= 15 is 0 Å². The summed E-state index contributed by atoms with van der Waals surface area (Å²) in [6, 6.07) is 14.2. The van der Waals surface area contributed by atoms with Gasteiger partial charge in [-0.2, -0.15) is 0 Å². The SMILES string of the molecule is C[NH+](Cc1ccccc1)[C@H]1CC(=O)N(c2cc(Cl)cc(Cl)c2)C1=O. The molecular formula is C18H17Cl2N2O2+. The highest BCUT2D eigenvalue weighted by molar-refractivity contribution is 6.35. The van der Waals surface area contributed by atoms with Gasteiger partial charge < -0.3 is 4.90 Å². The highest BCUT2D eigenvalue weighted by Gasteiger charge is 2.44. The van der Waals surface area contributed by atoms with Crippen LogP contribution in [-0.4, -0.2) is 24.9 Å². The monoisotopic (exact) mass is 363 g/mol. The van der Waals surface area contributed by atoms with Crippen molar-refractivity contribution in [2.24, 2.45) is 0 Å². The largest absolute Gasteiger partial charge is 0.323 e. The van der Waals surface area contributed by atoms with Crippen molar-refractivity contribution in [1.82, 2.24) is 0 Å². The van der Waals surface area contributed by atoms with Crippen molar-refractivity contribution in [3.63, 3.8) is 0 Å². The Labute approximate surface area is 150 Å². The number of hydrogen-bond donors (Lipinski definition) is 1. The summed E-state index contributed by atoms with van der Waals surface area (Å²) in [5.74, 6) is -0.442. The molecule has 1 unspecified atom stereocenters. The second-order valence-electron chi connectivity index (χ2n) is 5.96. The average Bonchev–Trinajstić information content (AvgIpc) is 2.82.